The van der Waals surface area contributed by atoms with E-state index in [4.69, 9.17) is 29.6 Å². The third kappa shape index (κ3) is 3.85. The average Bonchev–Trinajstić information content (AvgIpc) is 2.30. The van der Waals surface area contributed by atoms with Gasteiger partial charge in [0.2, 0.25) is 10.0 Å². The first kappa shape index (κ1) is 16.3. The van der Waals surface area contributed by atoms with Crippen molar-refractivity contribution in [2.75, 3.05) is 7.05 Å². The molecule has 4 nitrogen and oxygen atoms in total. The highest BCUT2D eigenvalue weighted by Crippen LogP contribution is 2.26. The average molecular weight is 325 g/mol. The first-order valence-electron chi connectivity index (χ1n) is 5.37. The number of thiocarbonyl (C=S) groups is 1. The second-order valence-corrected chi connectivity index (χ2v) is 7.01. The summed E-state index contributed by atoms with van der Waals surface area (Å²) in [6.07, 6.45) is 0.234. The van der Waals surface area contributed by atoms with E-state index in [0.29, 0.717) is 0 Å². The van der Waals surface area contributed by atoms with Gasteiger partial charge in [0.25, 0.3) is 0 Å². The molecule has 0 saturated heterocycles. The van der Waals surface area contributed by atoms with Crippen LogP contribution in [-0.2, 0) is 10.0 Å². The molecule has 0 saturated carbocycles. The Morgan fingerprint density at radius 3 is 2.68 bits per heavy atom. The third-order valence-corrected chi connectivity index (χ3v) is 5.29. The SMILES string of the molecule is CC(CC(N)=S)N(C)S(=O)(=O)c1cc(F)ccc1Cl. The molecule has 19 heavy (non-hydrogen) atoms. The van der Waals surface area contributed by atoms with Crippen LogP contribution in [0.3, 0.4) is 0 Å². The maximum Gasteiger partial charge on any atom is 0.244 e. The number of nitrogens with two attached hydrogens (primary N) is 1. The number of rotatable bonds is 5. The van der Waals surface area contributed by atoms with E-state index in [1.807, 2.05) is 0 Å². The summed E-state index contributed by atoms with van der Waals surface area (Å²) < 4.78 is 38.9. The second kappa shape index (κ2) is 6.13. The molecule has 1 rings (SSSR count). The number of sulfonamides is 1. The van der Waals surface area contributed by atoms with Gasteiger partial charge in [0.05, 0.1) is 10.0 Å². The van der Waals surface area contributed by atoms with Gasteiger partial charge in [-0.15, -0.1) is 0 Å². The molecule has 1 aromatic rings. The van der Waals surface area contributed by atoms with E-state index >= 15 is 0 Å². The molecule has 0 radical (unpaired) electrons. The van der Waals surface area contributed by atoms with Gasteiger partial charge in [0, 0.05) is 19.5 Å². The summed E-state index contributed by atoms with van der Waals surface area (Å²) in [5.74, 6) is -0.668. The standard InChI is InChI=1S/C11H14ClFN2O2S2/c1-7(5-11(14)18)15(2)19(16,17)10-6-8(13)3-4-9(10)12/h3-4,6-7H,5H2,1-2H3,(H2,14,18). The smallest absolute Gasteiger partial charge is 0.244 e. The van der Waals surface area contributed by atoms with Gasteiger partial charge in [-0.05, 0) is 25.1 Å². The fourth-order valence-electron chi connectivity index (χ4n) is 1.49. The molecular formula is C11H14ClFN2O2S2. The van der Waals surface area contributed by atoms with Crippen LogP contribution in [0.15, 0.2) is 23.1 Å². The van der Waals surface area contributed by atoms with Crippen LogP contribution in [-0.4, -0.2) is 30.8 Å². The highest BCUT2D eigenvalue weighted by atomic mass is 35.5. The summed E-state index contributed by atoms with van der Waals surface area (Å²) in [4.78, 5) is -0.0636. The van der Waals surface area contributed by atoms with E-state index in [1.54, 1.807) is 6.92 Å². The van der Waals surface area contributed by atoms with Crippen molar-refractivity contribution in [3.8, 4) is 0 Å². The minimum Gasteiger partial charge on any atom is -0.393 e. The van der Waals surface area contributed by atoms with Crippen LogP contribution >= 0.6 is 23.8 Å². The highest BCUT2D eigenvalue weighted by Gasteiger charge is 2.28. The van der Waals surface area contributed by atoms with Crippen LogP contribution in [0.2, 0.25) is 5.02 Å². The molecule has 106 valence electrons. The van der Waals surface area contributed by atoms with Crippen molar-refractivity contribution in [1.82, 2.24) is 4.31 Å². The Bertz CT molecular complexity index is 592. The number of hydrogen-bond donors (Lipinski definition) is 1. The molecule has 0 fully saturated rings. The lowest BCUT2D eigenvalue weighted by atomic mass is 10.2. The lowest BCUT2D eigenvalue weighted by Crippen LogP contribution is -2.37. The number of hydrogen-bond acceptors (Lipinski definition) is 3. The maximum absolute atomic E-state index is 13.2. The van der Waals surface area contributed by atoms with Gasteiger partial charge in [-0.25, -0.2) is 12.8 Å². The Balaban J connectivity index is 3.16. The van der Waals surface area contributed by atoms with Crippen molar-refractivity contribution in [2.45, 2.75) is 24.3 Å². The van der Waals surface area contributed by atoms with E-state index in [9.17, 15) is 12.8 Å². The van der Waals surface area contributed by atoms with Crippen molar-refractivity contribution < 1.29 is 12.8 Å². The quantitative estimate of drug-likeness (QED) is 0.843. The van der Waals surface area contributed by atoms with Gasteiger partial charge in [-0.2, -0.15) is 4.31 Å². The molecule has 0 bridgehead atoms. The van der Waals surface area contributed by atoms with Crippen molar-refractivity contribution in [3.05, 3.63) is 29.0 Å². The molecule has 1 unspecified atom stereocenters. The fraction of sp³-hybridized carbons (Fsp3) is 0.364. The first-order chi connectivity index (χ1) is 8.66. The molecule has 8 heteroatoms. The molecule has 0 aliphatic heterocycles. The minimum absolute atomic E-state index is 0.0317. The fourth-order valence-corrected chi connectivity index (χ4v) is 3.57. The van der Waals surface area contributed by atoms with Crippen LogP contribution < -0.4 is 5.73 Å². The number of halogens is 2. The molecule has 0 amide bonds. The first-order valence-corrected chi connectivity index (χ1v) is 7.60. The van der Waals surface area contributed by atoms with Crippen LogP contribution in [0.25, 0.3) is 0 Å². The lowest BCUT2D eigenvalue weighted by molar-refractivity contribution is 0.396. The lowest BCUT2D eigenvalue weighted by Gasteiger charge is -2.24. The molecule has 0 heterocycles. The van der Waals surface area contributed by atoms with Gasteiger partial charge in [0.15, 0.2) is 0 Å². The Hall–Kier alpha value is -0.760. The molecule has 1 atom stereocenters. The summed E-state index contributed by atoms with van der Waals surface area (Å²) in [7, 11) is -2.52. The zero-order valence-corrected chi connectivity index (χ0v) is 12.8. The monoisotopic (exact) mass is 324 g/mol. The third-order valence-electron chi connectivity index (χ3n) is 2.67. The normalized spacial score (nSPS) is 13.5. The molecular weight excluding hydrogens is 311 g/mol. The van der Waals surface area contributed by atoms with E-state index in [2.05, 4.69) is 0 Å². The van der Waals surface area contributed by atoms with Gasteiger partial charge < -0.3 is 5.73 Å². The predicted octanol–water partition coefficient (Wildman–Crippen LogP) is 2.16. The van der Waals surface area contributed by atoms with E-state index in [1.165, 1.54) is 13.1 Å². The molecule has 2 N–H and O–H groups in total. The van der Waals surface area contributed by atoms with Crippen LogP contribution in [0.5, 0.6) is 0 Å². The highest BCUT2D eigenvalue weighted by molar-refractivity contribution is 7.89. The van der Waals surface area contributed by atoms with Gasteiger partial charge in [0.1, 0.15) is 10.7 Å². The van der Waals surface area contributed by atoms with Gasteiger partial charge in [-0.1, -0.05) is 23.8 Å². The molecule has 1 aromatic carbocycles. The van der Waals surface area contributed by atoms with Crippen LogP contribution in [0.1, 0.15) is 13.3 Å². The summed E-state index contributed by atoms with van der Waals surface area (Å²) in [5.41, 5.74) is 5.39. The zero-order valence-electron chi connectivity index (χ0n) is 10.4. The molecule has 0 aliphatic rings. The summed E-state index contributed by atoms with van der Waals surface area (Å²) in [6, 6.07) is 2.75. The molecule has 0 aliphatic carbocycles. The Kier molecular flexibility index (Phi) is 5.26. The topological polar surface area (TPSA) is 63.4 Å². The van der Waals surface area contributed by atoms with Crippen molar-refractivity contribution in [3.63, 3.8) is 0 Å². The second-order valence-electron chi connectivity index (χ2n) is 4.12. The largest absolute Gasteiger partial charge is 0.393 e. The minimum atomic E-state index is -3.89. The maximum atomic E-state index is 13.2. The summed E-state index contributed by atoms with van der Waals surface area (Å²) in [6.45, 7) is 1.66. The Labute approximate surface area is 122 Å². The zero-order chi connectivity index (χ0) is 14.8. The van der Waals surface area contributed by atoms with E-state index < -0.39 is 21.9 Å². The van der Waals surface area contributed by atoms with Crippen LogP contribution in [0, 0.1) is 5.82 Å². The number of nitrogens with zero attached hydrogens (tertiary/aromatic N) is 1. The van der Waals surface area contributed by atoms with Gasteiger partial charge in [-0.3, -0.25) is 0 Å². The van der Waals surface area contributed by atoms with Crippen LogP contribution in [0.4, 0.5) is 4.39 Å². The Morgan fingerprint density at radius 2 is 2.16 bits per heavy atom. The Morgan fingerprint density at radius 1 is 1.58 bits per heavy atom. The van der Waals surface area contributed by atoms with Crippen molar-refractivity contribution in [1.29, 1.82) is 0 Å². The van der Waals surface area contributed by atoms with E-state index in [0.717, 1.165) is 16.4 Å². The summed E-state index contributed by atoms with van der Waals surface area (Å²) >= 11 is 10.6. The van der Waals surface area contributed by atoms with Gasteiger partial charge >= 0.3 is 0 Å². The molecule has 0 spiro atoms. The van der Waals surface area contributed by atoms with Crippen molar-refractivity contribution in [2.24, 2.45) is 5.73 Å². The predicted molar refractivity (Wildman–Crippen MR) is 77.2 cm³/mol. The summed E-state index contributed by atoms with van der Waals surface area (Å²) in [5, 5.41) is -0.0317. The number of benzene rings is 1. The molecule has 0 aromatic heterocycles. The van der Waals surface area contributed by atoms with Crippen molar-refractivity contribution >= 4 is 38.8 Å². The van der Waals surface area contributed by atoms with E-state index in [-0.39, 0.29) is 21.3 Å².